The van der Waals surface area contributed by atoms with Gasteiger partial charge in [0, 0.05) is 17.7 Å². The number of anilines is 1. The molecule has 0 aliphatic carbocycles. The maximum absolute atomic E-state index is 13.1. The highest BCUT2D eigenvalue weighted by Crippen LogP contribution is 2.30. The normalized spacial score (nSPS) is 10.6. The van der Waals surface area contributed by atoms with Crippen LogP contribution in [0.25, 0.3) is 11.3 Å². The van der Waals surface area contributed by atoms with Crippen LogP contribution in [-0.2, 0) is 0 Å². The first-order valence-corrected chi connectivity index (χ1v) is 9.54. The molecule has 0 aliphatic rings. The van der Waals surface area contributed by atoms with Crippen molar-refractivity contribution in [2.45, 2.75) is 6.92 Å². The second kappa shape index (κ2) is 8.68. The Morgan fingerprint density at radius 1 is 1.06 bits per heavy atom. The molecule has 0 saturated carbocycles. The molecule has 32 heavy (non-hydrogen) atoms. The van der Waals surface area contributed by atoms with Crippen LogP contribution >= 0.6 is 0 Å². The number of nitro groups is 1. The Labute approximate surface area is 181 Å². The smallest absolute Gasteiger partial charge is 0.275 e. The minimum absolute atomic E-state index is 0.136. The van der Waals surface area contributed by atoms with E-state index in [0.29, 0.717) is 17.0 Å². The molecule has 3 aromatic carbocycles. The lowest BCUT2D eigenvalue weighted by molar-refractivity contribution is -0.384. The van der Waals surface area contributed by atoms with Gasteiger partial charge in [-0.2, -0.15) is 5.10 Å². The first kappa shape index (κ1) is 20.7. The SMILES string of the molecule is Cc1cccc(Oc2cc(NC(=O)c3cc(-c4ccc(F)cc4)n[nH]3)cc([N+](=O)[O-])c2)c1. The molecule has 0 radical (unpaired) electrons. The molecule has 4 rings (SSSR count). The van der Waals surface area contributed by atoms with Crippen LogP contribution in [0, 0.1) is 22.9 Å². The number of amides is 1. The summed E-state index contributed by atoms with van der Waals surface area (Å²) in [6, 6.07) is 18.4. The van der Waals surface area contributed by atoms with Gasteiger partial charge in [0.1, 0.15) is 23.0 Å². The number of ether oxygens (including phenoxy) is 1. The van der Waals surface area contributed by atoms with Gasteiger partial charge in [0.25, 0.3) is 11.6 Å². The summed E-state index contributed by atoms with van der Waals surface area (Å²) in [5.41, 5.74) is 2.14. The number of nitrogens with one attached hydrogen (secondary N) is 2. The van der Waals surface area contributed by atoms with Crippen molar-refractivity contribution in [1.82, 2.24) is 10.2 Å². The molecule has 2 N–H and O–H groups in total. The van der Waals surface area contributed by atoms with E-state index < -0.39 is 10.8 Å². The summed E-state index contributed by atoms with van der Waals surface area (Å²) in [6.07, 6.45) is 0. The summed E-state index contributed by atoms with van der Waals surface area (Å²) in [5, 5.41) is 20.6. The van der Waals surface area contributed by atoms with Crippen LogP contribution in [0.1, 0.15) is 16.1 Å². The molecule has 4 aromatic rings. The van der Waals surface area contributed by atoms with Crippen molar-refractivity contribution in [3.05, 3.63) is 100.0 Å². The van der Waals surface area contributed by atoms with Gasteiger partial charge in [-0.3, -0.25) is 20.0 Å². The minimum Gasteiger partial charge on any atom is -0.457 e. The number of rotatable bonds is 6. The molecule has 0 unspecified atom stereocenters. The summed E-state index contributed by atoms with van der Waals surface area (Å²) >= 11 is 0. The lowest BCUT2D eigenvalue weighted by Crippen LogP contribution is -2.12. The number of carbonyl (C=O) groups is 1. The molecule has 0 saturated heterocycles. The zero-order valence-corrected chi connectivity index (χ0v) is 16.8. The van der Waals surface area contributed by atoms with Crippen molar-refractivity contribution < 1.29 is 18.8 Å². The van der Waals surface area contributed by atoms with Crippen molar-refractivity contribution >= 4 is 17.3 Å². The number of hydrogen-bond donors (Lipinski definition) is 2. The van der Waals surface area contributed by atoms with Crippen molar-refractivity contribution in [1.29, 1.82) is 0 Å². The Bertz CT molecular complexity index is 1300. The third kappa shape index (κ3) is 4.78. The van der Waals surface area contributed by atoms with Crippen LogP contribution < -0.4 is 10.1 Å². The molecule has 0 fully saturated rings. The standard InChI is InChI=1S/C23H17FN4O4/c1-14-3-2-4-19(9-14)32-20-11-17(10-18(12-20)28(30)31)25-23(29)22-13-21(26-27-22)15-5-7-16(24)8-6-15/h2-13H,1H3,(H,25,29)(H,26,27). The van der Waals surface area contributed by atoms with Crippen LogP contribution in [0.2, 0.25) is 0 Å². The first-order valence-electron chi connectivity index (χ1n) is 9.54. The van der Waals surface area contributed by atoms with Crippen LogP contribution in [0.4, 0.5) is 15.8 Å². The zero-order chi connectivity index (χ0) is 22.7. The topological polar surface area (TPSA) is 110 Å². The third-order valence-corrected chi connectivity index (χ3v) is 4.55. The molecule has 9 heteroatoms. The number of hydrogen-bond acceptors (Lipinski definition) is 5. The Morgan fingerprint density at radius 2 is 1.84 bits per heavy atom. The average molecular weight is 432 g/mol. The van der Waals surface area contributed by atoms with Gasteiger partial charge in [0.15, 0.2) is 0 Å². The van der Waals surface area contributed by atoms with Gasteiger partial charge in [-0.05, 0) is 55.0 Å². The summed E-state index contributed by atoms with van der Waals surface area (Å²) in [4.78, 5) is 23.4. The Hall–Kier alpha value is -4.53. The van der Waals surface area contributed by atoms with Crippen molar-refractivity contribution in [3.63, 3.8) is 0 Å². The highest BCUT2D eigenvalue weighted by atomic mass is 19.1. The van der Waals surface area contributed by atoms with Gasteiger partial charge in [-0.1, -0.05) is 12.1 Å². The molecular formula is C23H17FN4O4. The van der Waals surface area contributed by atoms with E-state index >= 15 is 0 Å². The monoisotopic (exact) mass is 432 g/mol. The van der Waals surface area contributed by atoms with Gasteiger partial charge < -0.3 is 10.1 Å². The largest absolute Gasteiger partial charge is 0.457 e. The molecule has 1 aromatic heterocycles. The van der Waals surface area contributed by atoms with Crippen LogP contribution in [0.5, 0.6) is 11.5 Å². The lowest BCUT2D eigenvalue weighted by atomic mass is 10.1. The summed E-state index contributed by atoms with van der Waals surface area (Å²) in [5.74, 6) is -0.207. The molecular weight excluding hydrogens is 415 g/mol. The number of benzene rings is 3. The molecule has 1 heterocycles. The highest BCUT2D eigenvalue weighted by Gasteiger charge is 2.16. The van der Waals surface area contributed by atoms with E-state index in [1.165, 1.54) is 36.4 Å². The van der Waals surface area contributed by atoms with Gasteiger partial charge >= 0.3 is 0 Å². The van der Waals surface area contributed by atoms with Crippen molar-refractivity contribution in [2.75, 3.05) is 5.32 Å². The molecule has 0 atom stereocenters. The Balaban J connectivity index is 1.56. The van der Waals surface area contributed by atoms with E-state index in [9.17, 15) is 19.3 Å². The maximum atomic E-state index is 13.1. The van der Waals surface area contributed by atoms with E-state index in [1.807, 2.05) is 19.1 Å². The number of non-ortho nitro benzene ring substituents is 1. The molecule has 1 amide bonds. The number of halogens is 1. The lowest BCUT2D eigenvalue weighted by Gasteiger charge is -2.09. The van der Waals surface area contributed by atoms with Crippen molar-refractivity contribution in [2.24, 2.45) is 0 Å². The number of nitro benzene ring substituents is 1. The Kier molecular flexibility index (Phi) is 5.63. The predicted octanol–water partition coefficient (Wildman–Crippen LogP) is 5.48. The number of aryl methyl sites for hydroxylation is 1. The molecule has 160 valence electrons. The predicted molar refractivity (Wildman–Crippen MR) is 116 cm³/mol. The fraction of sp³-hybridized carbons (Fsp3) is 0.0435. The van der Waals surface area contributed by atoms with E-state index in [0.717, 1.165) is 5.56 Å². The highest BCUT2D eigenvalue weighted by molar-refractivity contribution is 6.03. The van der Waals surface area contributed by atoms with Crippen molar-refractivity contribution in [3.8, 4) is 22.8 Å². The fourth-order valence-corrected chi connectivity index (χ4v) is 3.04. The van der Waals surface area contributed by atoms with E-state index in [-0.39, 0.29) is 28.6 Å². The number of H-pyrrole nitrogens is 1. The van der Waals surface area contributed by atoms with Crippen LogP contribution in [-0.4, -0.2) is 21.0 Å². The second-order valence-corrected chi connectivity index (χ2v) is 7.02. The molecule has 0 spiro atoms. The second-order valence-electron chi connectivity index (χ2n) is 7.02. The number of aromatic amines is 1. The van der Waals surface area contributed by atoms with E-state index in [1.54, 1.807) is 24.3 Å². The summed E-state index contributed by atoms with van der Waals surface area (Å²) in [7, 11) is 0. The van der Waals surface area contributed by atoms with Crippen LogP contribution in [0.3, 0.4) is 0 Å². The van der Waals surface area contributed by atoms with Gasteiger partial charge in [0.2, 0.25) is 0 Å². The van der Waals surface area contributed by atoms with Crippen LogP contribution in [0.15, 0.2) is 72.8 Å². The molecule has 8 nitrogen and oxygen atoms in total. The fourth-order valence-electron chi connectivity index (χ4n) is 3.04. The van der Waals surface area contributed by atoms with E-state index in [4.69, 9.17) is 4.74 Å². The molecule has 0 bridgehead atoms. The Morgan fingerprint density at radius 3 is 2.56 bits per heavy atom. The number of aromatic nitrogens is 2. The van der Waals surface area contributed by atoms with E-state index in [2.05, 4.69) is 15.5 Å². The number of carbonyl (C=O) groups excluding carboxylic acids is 1. The van der Waals surface area contributed by atoms with Gasteiger partial charge in [-0.25, -0.2) is 4.39 Å². The summed E-state index contributed by atoms with van der Waals surface area (Å²) in [6.45, 7) is 1.90. The maximum Gasteiger partial charge on any atom is 0.275 e. The number of nitrogens with zero attached hydrogens (tertiary/aromatic N) is 2. The van der Waals surface area contributed by atoms with Gasteiger partial charge in [0.05, 0.1) is 22.4 Å². The summed E-state index contributed by atoms with van der Waals surface area (Å²) < 4.78 is 18.8. The molecule has 0 aliphatic heterocycles. The first-order chi connectivity index (χ1) is 15.4. The van der Waals surface area contributed by atoms with Gasteiger partial charge in [-0.15, -0.1) is 0 Å². The quantitative estimate of drug-likeness (QED) is 0.310. The third-order valence-electron chi connectivity index (χ3n) is 4.55. The zero-order valence-electron chi connectivity index (χ0n) is 16.8. The average Bonchev–Trinajstić information content (AvgIpc) is 3.24. The minimum atomic E-state index is -0.568.